The van der Waals surface area contributed by atoms with Gasteiger partial charge in [0.25, 0.3) is 10.1 Å². The lowest BCUT2D eigenvalue weighted by Crippen LogP contribution is -2.42. The molecule has 0 spiro atoms. The highest BCUT2D eigenvalue weighted by Crippen LogP contribution is 2.18. The third-order valence-corrected chi connectivity index (χ3v) is 4.71. The van der Waals surface area contributed by atoms with E-state index >= 15 is 0 Å². The molecule has 1 heterocycles. The Morgan fingerprint density at radius 1 is 1.19 bits per heavy atom. The first kappa shape index (κ1) is 22.4. The predicted molar refractivity (Wildman–Crippen MR) is 98.6 cm³/mol. The molecule has 0 bridgehead atoms. The van der Waals surface area contributed by atoms with Crippen LogP contribution in [0.3, 0.4) is 0 Å². The molecule has 0 saturated carbocycles. The van der Waals surface area contributed by atoms with E-state index in [1.165, 1.54) is 12.1 Å². The van der Waals surface area contributed by atoms with Crippen molar-refractivity contribution in [2.75, 3.05) is 19.7 Å². The van der Waals surface area contributed by atoms with Gasteiger partial charge in [-0.05, 0) is 58.6 Å². The average Bonchev–Trinajstić information content (AvgIpc) is 2.53. The highest BCUT2D eigenvalue weighted by Gasteiger charge is 2.26. The minimum absolute atomic E-state index is 0.0666. The molecule has 1 aromatic rings. The van der Waals surface area contributed by atoms with Gasteiger partial charge in [0.1, 0.15) is 5.60 Å². The van der Waals surface area contributed by atoms with Crippen molar-refractivity contribution in [1.29, 1.82) is 0 Å². The molecule has 0 aliphatic carbocycles. The molecular weight excluding hydrogens is 358 g/mol. The van der Waals surface area contributed by atoms with E-state index in [9.17, 15) is 13.2 Å². The summed E-state index contributed by atoms with van der Waals surface area (Å²) in [6.07, 6.45) is 1.50. The van der Waals surface area contributed by atoms with E-state index in [0.717, 1.165) is 18.4 Å². The lowest BCUT2D eigenvalue weighted by atomic mass is 9.98. The minimum Gasteiger partial charge on any atom is -0.444 e. The summed E-state index contributed by atoms with van der Waals surface area (Å²) in [6.45, 7) is 9.05. The molecule has 1 saturated heterocycles. The fourth-order valence-electron chi connectivity index (χ4n) is 2.33. The molecule has 2 rings (SSSR count). The summed E-state index contributed by atoms with van der Waals surface area (Å²) < 4.78 is 34.8. The van der Waals surface area contributed by atoms with Crippen molar-refractivity contribution < 1.29 is 27.6 Å². The monoisotopic (exact) mass is 387 g/mol. The molecule has 0 atom stereocenters. The number of piperidine rings is 1. The number of aliphatic hydroxyl groups is 1. The van der Waals surface area contributed by atoms with E-state index in [1.54, 1.807) is 17.0 Å². The van der Waals surface area contributed by atoms with Gasteiger partial charge in [-0.2, -0.15) is 8.42 Å². The van der Waals surface area contributed by atoms with Crippen molar-refractivity contribution in [3.05, 3.63) is 29.8 Å². The molecule has 1 fully saturated rings. The summed E-state index contributed by atoms with van der Waals surface area (Å²) in [4.78, 5) is 13.3. The maximum atomic E-state index is 11.6. The SMILES string of the molecule is CC(C)(C)OC(=O)N1CCC(CO)CC1.Cc1ccc(S(=O)(=O)O)cc1. The quantitative estimate of drug-likeness (QED) is 0.756. The zero-order chi connectivity index (χ0) is 20.0. The van der Waals surface area contributed by atoms with Crippen LogP contribution in [0.5, 0.6) is 0 Å². The molecule has 0 aromatic heterocycles. The van der Waals surface area contributed by atoms with Gasteiger partial charge in [-0.3, -0.25) is 4.55 Å². The van der Waals surface area contributed by atoms with Crippen LogP contribution in [0.25, 0.3) is 0 Å². The van der Waals surface area contributed by atoms with Crippen molar-refractivity contribution in [3.63, 3.8) is 0 Å². The van der Waals surface area contributed by atoms with E-state index < -0.39 is 15.7 Å². The first-order valence-electron chi connectivity index (χ1n) is 8.55. The third kappa shape index (κ3) is 8.16. The minimum atomic E-state index is -4.02. The van der Waals surface area contributed by atoms with Crippen molar-refractivity contribution in [3.8, 4) is 0 Å². The number of rotatable bonds is 2. The number of nitrogens with zero attached hydrogens (tertiary/aromatic N) is 1. The third-order valence-electron chi connectivity index (χ3n) is 3.84. The van der Waals surface area contributed by atoms with Gasteiger partial charge in [0.15, 0.2) is 0 Å². The Labute approximate surface area is 155 Å². The van der Waals surface area contributed by atoms with Gasteiger partial charge in [-0.15, -0.1) is 0 Å². The summed E-state index contributed by atoms with van der Waals surface area (Å²) in [6, 6.07) is 5.99. The second kappa shape index (κ2) is 9.34. The first-order valence-corrected chi connectivity index (χ1v) is 9.99. The van der Waals surface area contributed by atoms with Gasteiger partial charge < -0.3 is 14.7 Å². The molecule has 26 heavy (non-hydrogen) atoms. The van der Waals surface area contributed by atoms with Crippen LogP contribution in [0, 0.1) is 12.8 Å². The largest absolute Gasteiger partial charge is 0.444 e. The summed E-state index contributed by atoms with van der Waals surface area (Å²) in [5, 5.41) is 8.97. The Bertz CT molecular complexity index is 671. The highest BCUT2D eigenvalue weighted by molar-refractivity contribution is 7.85. The van der Waals surface area contributed by atoms with Crippen LogP contribution < -0.4 is 0 Å². The maximum absolute atomic E-state index is 11.6. The Morgan fingerprint density at radius 2 is 1.69 bits per heavy atom. The second-order valence-electron chi connectivity index (χ2n) is 7.38. The molecule has 1 aliphatic rings. The Hall–Kier alpha value is -1.64. The molecule has 0 unspecified atom stereocenters. The van der Waals surface area contributed by atoms with E-state index in [4.69, 9.17) is 14.4 Å². The predicted octanol–water partition coefficient (Wildman–Crippen LogP) is 2.87. The molecule has 8 heteroatoms. The maximum Gasteiger partial charge on any atom is 0.410 e. The zero-order valence-corrected chi connectivity index (χ0v) is 16.6. The highest BCUT2D eigenvalue weighted by atomic mass is 32.2. The van der Waals surface area contributed by atoms with E-state index in [0.29, 0.717) is 19.0 Å². The number of hydrogen-bond donors (Lipinski definition) is 2. The van der Waals surface area contributed by atoms with Crippen LogP contribution in [0.4, 0.5) is 4.79 Å². The van der Waals surface area contributed by atoms with Gasteiger partial charge in [0, 0.05) is 19.7 Å². The standard InChI is InChI=1S/C11H21NO3.C7H8O3S/c1-11(2,3)15-10(14)12-6-4-9(8-13)5-7-12;1-6-2-4-7(5-3-6)11(8,9)10/h9,13H,4-8H2,1-3H3;2-5H,1H3,(H,8,9,10). The molecule has 1 aromatic carbocycles. The van der Waals surface area contributed by atoms with Crippen molar-refractivity contribution in [2.45, 2.75) is 51.0 Å². The van der Waals surface area contributed by atoms with Gasteiger partial charge in [0.05, 0.1) is 4.90 Å². The van der Waals surface area contributed by atoms with Crippen molar-refractivity contribution in [2.24, 2.45) is 5.92 Å². The zero-order valence-electron chi connectivity index (χ0n) is 15.8. The summed E-state index contributed by atoms with van der Waals surface area (Å²) >= 11 is 0. The number of benzene rings is 1. The van der Waals surface area contributed by atoms with Gasteiger partial charge in [-0.25, -0.2) is 4.79 Å². The summed E-state index contributed by atoms with van der Waals surface area (Å²) in [7, 11) is -4.02. The second-order valence-corrected chi connectivity index (χ2v) is 8.80. The molecule has 0 radical (unpaired) electrons. The number of ether oxygens (including phenoxy) is 1. The van der Waals surface area contributed by atoms with E-state index in [2.05, 4.69) is 0 Å². The normalized spacial score (nSPS) is 15.8. The molecule has 148 valence electrons. The van der Waals surface area contributed by atoms with Crippen LogP contribution in [-0.4, -0.2) is 54.4 Å². The van der Waals surface area contributed by atoms with E-state index in [1.807, 2.05) is 27.7 Å². The number of aryl methyl sites for hydroxylation is 1. The van der Waals surface area contributed by atoms with Crippen LogP contribution in [0.2, 0.25) is 0 Å². The Morgan fingerprint density at radius 3 is 2.08 bits per heavy atom. The Kier molecular flexibility index (Phi) is 8.05. The number of likely N-dealkylation sites (tertiary alicyclic amines) is 1. The van der Waals surface area contributed by atoms with Crippen LogP contribution in [-0.2, 0) is 14.9 Å². The summed E-state index contributed by atoms with van der Waals surface area (Å²) in [5.74, 6) is 0.351. The first-order chi connectivity index (χ1) is 11.9. The van der Waals surface area contributed by atoms with Gasteiger partial charge in [-0.1, -0.05) is 17.7 Å². The molecule has 1 aliphatic heterocycles. The average molecular weight is 387 g/mol. The fraction of sp³-hybridized carbons (Fsp3) is 0.611. The molecule has 2 N–H and O–H groups in total. The van der Waals surface area contributed by atoms with Gasteiger partial charge in [0.2, 0.25) is 0 Å². The van der Waals surface area contributed by atoms with Crippen LogP contribution >= 0.6 is 0 Å². The lowest BCUT2D eigenvalue weighted by molar-refractivity contribution is 0.0159. The van der Waals surface area contributed by atoms with Crippen molar-refractivity contribution in [1.82, 2.24) is 4.90 Å². The molecule has 1 amide bonds. The lowest BCUT2D eigenvalue weighted by Gasteiger charge is -2.32. The number of carbonyl (C=O) groups excluding carboxylic acids is 1. The number of carbonyl (C=O) groups is 1. The number of aliphatic hydroxyl groups excluding tert-OH is 1. The van der Waals surface area contributed by atoms with Crippen LogP contribution in [0.1, 0.15) is 39.2 Å². The smallest absolute Gasteiger partial charge is 0.410 e. The van der Waals surface area contributed by atoms with E-state index in [-0.39, 0.29) is 17.6 Å². The van der Waals surface area contributed by atoms with Crippen molar-refractivity contribution >= 4 is 16.2 Å². The topological polar surface area (TPSA) is 104 Å². The summed E-state index contributed by atoms with van der Waals surface area (Å²) in [5.41, 5.74) is 0.530. The number of amides is 1. The van der Waals surface area contributed by atoms with Crippen LogP contribution in [0.15, 0.2) is 29.2 Å². The van der Waals surface area contributed by atoms with Gasteiger partial charge >= 0.3 is 6.09 Å². The number of hydrogen-bond acceptors (Lipinski definition) is 5. The molecule has 7 nitrogen and oxygen atoms in total. The Balaban J connectivity index is 0.000000273. The molecular formula is C18H29NO6S. The fourth-order valence-corrected chi connectivity index (χ4v) is 2.81.